The number of esters is 2. The zero-order chi connectivity index (χ0) is 21.0. The highest BCUT2D eigenvalue weighted by molar-refractivity contribution is 5.94. The number of rotatable bonds is 6. The van der Waals surface area contributed by atoms with Gasteiger partial charge in [0.1, 0.15) is 11.3 Å². The molecule has 3 rings (SSSR count). The Hall–Kier alpha value is -3.94. The third-order valence-corrected chi connectivity index (χ3v) is 4.18. The standard InChI is InChI=1S/C21H19N3O5/c1-3-28-21(27)18-12-23-24(13(18)2)16-9-7-14(8-10-16)20(26)29-17-6-4-5-15(11-17)19(22)25/h4-12H,3H2,1-2H3,(H2,22,25). The van der Waals surface area contributed by atoms with E-state index in [0.29, 0.717) is 22.5 Å². The van der Waals surface area contributed by atoms with E-state index in [1.54, 1.807) is 54.9 Å². The van der Waals surface area contributed by atoms with Crippen LogP contribution in [-0.2, 0) is 4.74 Å². The molecule has 8 nitrogen and oxygen atoms in total. The van der Waals surface area contributed by atoms with Crippen LogP contribution in [0.3, 0.4) is 0 Å². The first-order chi connectivity index (χ1) is 13.9. The molecule has 0 spiro atoms. The van der Waals surface area contributed by atoms with Gasteiger partial charge in [0.25, 0.3) is 0 Å². The summed E-state index contributed by atoms with van der Waals surface area (Å²) in [6.07, 6.45) is 1.45. The number of carbonyl (C=O) groups is 3. The Kier molecular flexibility index (Phi) is 5.73. The molecule has 0 radical (unpaired) electrons. The first kappa shape index (κ1) is 19.8. The molecule has 0 saturated carbocycles. The van der Waals surface area contributed by atoms with Crippen LogP contribution < -0.4 is 10.5 Å². The summed E-state index contributed by atoms with van der Waals surface area (Å²) in [5, 5.41) is 4.21. The van der Waals surface area contributed by atoms with Crippen molar-refractivity contribution in [3.8, 4) is 11.4 Å². The second-order valence-electron chi connectivity index (χ2n) is 6.10. The van der Waals surface area contributed by atoms with Crippen LogP contribution >= 0.6 is 0 Å². The molecule has 0 aliphatic rings. The summed E-state index contributed by atoms with van der Waals surface area (Å²) in [5.74, 6) is -1.40. The number of ether oxygens (including phenoxy) is 2. The quantitative estimate of drug-likeness (QED) is 0.509. The Balaban J connectivity index is 1.77. The SMILES string of the molecule is CCOC(=O)c1cnn(-c2ccc(C(=O)Oc3cccc(C(N)=O)c3)cc2)c1C. The van der Waals surface area contributed by atoms with Crippen molar-refractivity contribution < 1.29 is 23.9 Å². The monoisotopic (exact) mass is 393 g/mol. The number of hydrogen-bond donors (Lipinski definition) is 1. The molecule has 8 heteroatoms. The average molecular weight is 393 g/mol. The van der Waals surface area contributed by atoms with Gasteiger partial charge in [-0.05, 0) is 56.3 Å². The normalized spacial score (nSPS) is 10.4. The molecule has 0 bridgehead atoms. The fraction of sp³-hybridized carbons (Fsp3) is 0.143. The van der Waals surface area contributed by atoms with E-state index < -0.39 is 17.8 Å². The van der Waals surface area contributed by atoms with Gasteiger partial charge in [0.15, 0.2) is 0 Å². The van der Waals surface area contributed by atoms with Crippen LogP contribution in [-0.4, -0.2) is 34.2 Å². The second kappa shape index (κ2) is 8.39. The van der Waals surface area contributed by atoms with E-state index in [0.717, 1.165) is 0 Å². The van der Waals surface area contributed by atoms with Gasteiger partial charge in [0, 0.05) is 5.56 Å². The molecule has 1 aromatic heterocycles. The van der Waals surface area contributed by atoms with Crippen LogP contribution in [0.4, 0.5) is 0 Å². The zero-order valence-electron chi connectivity index (χ0n) is 15.9. The van der Waals surface area contributed by atoms with Crippen molar-refractivity contribution in [3.05, 3.63) is 77.1 Å². The number of aromatic nitrogens is 2. The predicted molar refractivity (Wildman–Crippen MR) is 104 cm³/mol. The molecule has 2 N–H and O–H groups in total. The lowest BCUT2D eigenvalue weighted by molar-refractivity contribution is 0.0525. The van der Waals surface area contributed by atoms with Gasteiger partial charge in [-0.3, -0.25) is 4.79 Å². The Morgan fingerprint density at radius 2 is 1.76 bits per heavy atom. The minimum atomic E-state index is -0.607. The predicted octanol–water partition coefficient (Wildman–Crippen LogP) is 2.68. The summed E-state index contributed by atoms with van der Waals surface area (Å²) in [5.41, 5.74) is 7.47. The molecule has 0 atom stereocenters. The lowest BCUT2D eigenvalue weighted by Crippen LogP contribution is -2.12. The molecule has 29 heavy (non-hydrogen) atoms. The largest absolute Gasteiger partial charge is 0.462 e. The smallest absolute Gasteiger partial charge is 0.343 e. The first-order valence-electron chi connectivity index (χ1n) is 8.85. The van der Waals surface area contributed by atoms with Crippen LogP contribution in [0.5, 0.6) is 5.75 Å². The highest BCUT2D eigenvalue weighted by Gasteiger charge is 2.16. The maximum Gasteiger partial charge on any atom is 0.343 e. The van der Waals surface area contributed by atoms with Crippen molar-refractivity contribution in [3.63, 3.8) is 0 Å². The molecule has 0 saturated heterocycles. The van der Waals surface area contributed by atoms with Crippen LogP contribution in [0.1, 0.15) is 43.7 Å². The lowest BCUT2D eigenvalue weighted by Gasteiger charge is -2.08. The minimum Gasteiger partial charge on any atom is -0.462 e. The van der Waals surface area contributed by atoms with Gasteiger partial charge in [0.2, 0.25) is 5.91 Å². The Morgan fingerprint density at radius 3 is 2.41 bits per heavy atom. The molecule has 0 fully saturated rings. The van der Waals surface area contributed by atoms with Crippen LogP contribution in [0.15, 0.2) is 54.7 Å². The van der Waals surface area contributed by atoms with E-state index >= 15 is 0 Å². The van der Waals surface area contributed by atoms with Crippen molar-refractivity contribution in [2.45, 2.75) is 13.8 Å². The fourth-order valence-corrected chi connectivity index (χ4v) is 2.70. The lowest BCUT2D eigenvalue weighted by atomic mass is 10.2. The maximum absolute atomic E-state index is 12.4. The maximum atomic E-state index is 12.4. The van der Waals surface area contributed by atoms with Crippen molar-refractivity contribution in [2.75, 3.05) is 6.61 Å². The van der Waals surface area contributed by atoms with E-state index in [4.69, 9.17) is 15.2 Å². The molecule has 1 heterocycles. The Morgan fingerprint density at radius 1 is 1.03 bits per heavy atom. The average Bonchev–Trinajstić information content (AvgIpc) is 3.10. The topological polar surface area (TPSA) is 114 Å². The third-order valence-electron chi connectivity index (χ3n) is 4.18. The Bertz CT molecular complexity index is 1070. The highest BCUT2D eigenvalue weighted by atomic mass is 16.5. The summed E-state index contributed by atoms with van der Waals surface area (Å²) in [6.45, 7) is 3.77. The fourth-order valence-electron chi connectivity index (χ4n) is 2.70. The van der Waals surface area contributed by atoms with E-state index in [1.165, 1.54) is 18.3 Å². The molecular formula is C21H19N3O5. The second-order valence-corrected chi connectivity index (χ2v) is 6.10. The van der Waals surface area contributed by atoms with Gasteiger partial charge in [-0.25, -0.2) is 14.3 Å². The molecular weight excluding hydrogens is 374 g/mol. The van der Waals surface area contributed by atoms with Crippen molar-refractivity contribution in [2.24, 2.45) is 5.73 Å². The van der Waals surface area contributed by atoms with Crippen LogP contribution in [0.2, 0.25) is 0 Å². The molecule has 3 aromatic rings. The Labute approximate surface area is 166 Å². The summed E-state index contributed by atoms with van der Waals surface area (Å²) in [4.78, 5) is 35.5. The molecule has 0 aliphatic carbocycles. The van der Waals surface area contributed by atoms with Crippen molar-refractivity contribution in [1.82, 2.24) is 9.78 Å². The molecule has 148 valence electrons. The van der Waals surface area contributed by atoms with Crippen LogP contribution in [0, 0.1) is 6.92 Å². The van der Waals surface area contributed by atoms with Crippen molar-refractivity contribution in [1.29, 1.82) is 0 Å². The summed E-state index contributed by atoms with van der Waals surface area (Å²) in [6, 6.07) is 12.6. The summed E-state index contributed by atoms with van der Waals surface area (Å²) >= 11 is 0. The van der Waals surface area contributed by atoms with Gasteiger partial charge in [-0.15, -0.1) is 0 Å². The van der Waals surface area contributed by atoms with E-state index in [-0.39, 0.29) is 17.9 Å². The summed E-state index contributed by atoms with van der Waals surface area (Å²) in [7, 11) is 0. The first-order valence-corrected chi connectivity index (χ1v) is 8.85. The van der Waals surface area contributed by atoms with E-state index in [2.05, 4.69) is 5.10 Å². The highest BCUT2D eigenvalue weighted by Crippen LogP contribution is 2.18. The number of primary amides is 1. The minimum absolute atomic E-state index is 0.220. The molecule has 1 amide bonds. The van der Waals surface area contributed by atoms with Gasteiger partial charge in [-0.2, -0.15) is 5.10 Å². The number of amides is 1. The van der Waals surface area contributed by atoms with Crippen LogP contribution in [0.25, 0.3) is 5.69 Å². The van der Waals surface area contributed by atoms with Crippen molar-refractivity contribution >= 4 is 17.8 Å². The van der Waals surface area contributed by atoms with E-state index in [9.17, 15) is 14.4 Å². The van der Waals surface area contributed by atoms with E-state index in [1.807, 2.05) is 0 Å². The number of nitrogens with two attached hydrogens (primary N) is 1. The van der Waals surface area contributed by atoms with Gasteiger partial charge >= 0.3 is 11.9 Å². The molecule has 2 aromatic carbocycles. The third kappa shape index (κ3) is 4.32. The molecule has 0 unspecified atom stereocenters. The van der Waals surface area contributed by atoms with Gasteiger partial charge < -0.3 is 15.2 Å². The number of benzene rings is 2. The number of nitrogens with zero attached hydrogens (tertiary/aromatic N) is 2. The number of hydrogen-bond acceptors (Lipinski definition) is 6. The number of carbonyl (C=O) groups excluding carboxylic acids is 3. The van der Waals surface area contributed by atoms with Gasteiger partial charge in [0.05, 0.1) is 29.7 Å². The van der Waals surface area contributed by atoms with Gasteiger partial charge in [-0.1, -0.05) is 6.07 Å². The zero-order valence-corrected chi connectivity index (χ0v) is 15.9. The molecule has 0 aliphatic heterocycles. The summed E-state index contributed by atoms with van der Waals surface area (Å²) < 4.78 is 11.9.